The van der Waals surface area contributed by atoms with Crippen LogP contribution in [0.25, 0.3) is 28.5 Å². The van der Waals surface area contributed by atoms with Crippen LogP contribution in [0.1, 0.15) is 106 Å². The Labute approximate surface area is 266 Å². The average molecular weight is 596 g/mol. The lowest BCUT2D eigenvalue weighted by molar-refractivity contribution is 0.0254. The minimum Gasteiger partial charge on any atom is -0.490 e. The van der Waals surface area contributed by atoms with E-state index in [1.54, 1.807) is 6.92 Å². The number of carbonyl (C=O) groups is 1. The molecule has 2 aliphatic heterocycles. The molecule has 4 nitrogen and oxygen atoms in total. The minimum atomic E-state index is 0. The molecule has 0 spiro atoms. The highest BCUT2D eigenvalue weighted by atomic mass is 16.5. The fraction of sp³-hybridized carbons (Fsp3) is 0.425. The molecular weight excluding hydrogens is 542 g/mol. The second kappa shape index (κ2) is 15.4. The maximum Gasteiger partial charge on any atom is 0.159 e. The SMILES string of the molecule is C.C.CC(=O)c1ccc(/C(C)=C/c2cccc(-c3ccc(OC4CCOCC4)c(C4=CN4)c3)c2C)c(C)c1.CC1CC(C)C1. The van der Waals surface area contributed by atoms with Gasteiger partial charge in [-0.3, -0.25) is 4.79 Å². The molecule has 0 radical (unpaired) electrons. The first-order chi connectivity index (χ1) is 20.2. The Hall–Kier alpha value is -3.63. The van der Waals surface area contributed by atoms with E-state index >= 15 is 0 Å². The van der Waals surface area contributed by atoms with Crippen LogP contribution in [0.5, 0.6) is 5.75 Å². The number of hydrogen-bond donors (Lipinski definition) is 1. The lowest BCUT2D eigenvalue weighted by Gasteiger charge is -2.28. The van der Waals surface area contributed by atoms with Crippen molar-refractivity contribution < 1.29 is 14.3 Å². The number of rotatable bonds is 7. The summed E-state index contributed by atoms with van der Waals surface area (Å²) in [6.45, 7) is 14.1. The van der Waals surface area contributed by atoms with Crippen LogP contribution in [0.3, 0.4) is 0 Å². The molecule has 6 rings (SSSR count). The lowest BCUT2D eigenvalue weighted by Crippen LogP contribution is -2.26. The molecule has 1 saturated heterocycles. The molecule has 2 fully saturated rings. The van der Waals surface area contributed by atoms with E-state index in [1.165, 1.54) is 40.7 Å². The summed E-state index contributed by atoms with van der Waals surface area (Å²) in [6.07, 6.45) is 9.26. The highest BCUT2D eigenvalue weighted by molar-refractivity contribution is 5.95. The van der Waals surface area contributed by atoms with Gasteiger partial charge in [-0.15, -0.1) is 0 Å². The summed E-state index contributed by atoms with van der Waals surface area (Å²) in [7, 11) is 0. The highest BCUT2D eigenvalue weighted by Gasteiger charge is 2.22. The summed E-state index contributed by atoms with van der Waals surface area (Å²) in [4.78, 5) is 11.7. The first-order valence-electron chi connectivity index (χ1n) is 15.5. The Bertz CT molecular complexity index is 1500. The third kappa shape index (κ3) is 8.51. The topological polar surface area (TPSA) is 57.5 Å². The molecule has 0 amide bonds. The van der Waals surface area contributed by atoms with Crippen molar-refractivity contribution in [1.29, 1.82) is 0 Å². The number of ether oxygens (including phenoxy) is 2. The number of allylic oxidation sites excluding steroid dienone is 1. The predicted octanol–water partition coefficient (Wildman–Crippen LogP) is 10.5. The van der Waals surface area contributed by atoms with Gasteiger partial charge in [0, 0.05) is 30.2 Å². The molecule has 0 unspecified atom stereocenters. The van der Waals surface area contributed by atoms with Crippen LogP contribution < -0.4 is 10.1 Å². The molecule has 44 heavy (non-hydrogen) atoms. The Morgan fingerprint density at radius 2 is 1.59 bits per heavy atom. The molecule has 0 bridgehead atoms. The molecule has 0 atom stereocenters. The van der Waals surface area contributed by atoms with Crippen LogP contribution in [0.4, 0.5) is 0 Å². The monoisotopic (exact) mass is 595 g/mol. The van der Waals surface area contributed by atoms with Crippen LogP contribution in [0.15, 0.2) is 60.8 Å². The van der Waals surface area contributed by atoms with E-state index in [0.717, 1.165) is 71.6 Å². The molecule has 2 heterocycles. The van der Waals surface area contributed by atoms with Crippen molar-refractivity contribution in [1.82, 2.24) is 5.32 Å². The average Bonchev–Trinajstić information content (AvgIpc) is 3.80. The molecular formula is C40H53NO3. The Kier molecular flexibility index (Phi) is 12.2. The molecule has 236 valence electrons. The van der Waals surface area contributed by atoms with E-state index in [0.29, 0.717) is 0 Å². The molecule has 1 saturated carbocycles. The van der Waals surface area contributed by atoms with Crippen molar-refractivity contribution in [2.45, 2.75) is 88.2 Å². The van der Waals surface area contributed by atoms with Gasteiger partial charge in [-0.25, -0.2) is 0 Å². The van der Waals surface area contributed by atoms with Gasteiger partial charge in [-0.1, -0.05) is 71.2 Å². The summed E-state index contributed by atoms with van der Waals surface area (Å²) < 4.78 is 11.9. The van der Waals surface area contributed by atoms with Crippen LogP contribution in [-0.2, 0) is 4.74 Å². The van der Waals surface area contributed by atoms with Gasteiger partial charge in [-0.2, -0.15) is 0 Å². The molecule has 3 aliphatic rings. The van der Waals surface area contributed by atoms with Gasteiger partial charge in [0.25, 0.3) is 0 Å². The Morgan fingerprint density at radius 1 is 0.909 bits per heavy atom. The quantitative estimate of drug-likeness (QED) is 0.218. The molecule has 3 aromatic carbocycles. The number of carbonyl (C=O) groups excluding carboxylic acids is 1. The van der Waals surface area contributed by atoms with Crippen molar-refractivity contribution >= 4 is 23.1 Å². The van der Waals surface area contributed by atoms with E-state index in [2.05, 4.69) is 88.5 Å². The third-order valence-corrected chi connectivity index (χ3v) is 8.75. The summed E-state index contributed by atoms with van der Waals surface area (Å²) >= 11 is 0. The van der Waals surface area contributed by atoms with Crippen molar-refractivity contribution in [3.63, 3.8) is 0 Å². The van der Waals surface area contributed by atoms with Crippen molar-refractivity contribution in [3.05, 3.63) is 94.2 Å². The van der Waals surface area contributed by atoms with Gasteiger partial charge in [-0.05, 0) is 110 Å². The molecule has 3 aromatic rings. The third-order valence-electron chi connectivity index (χ3n) is 8.75. The lowest BCUT2D eigenvalue weighted by atomic mass is 9.78. The van der Waals surface area contributed by atoms with E-state index in [-0.39, 0.29) is 26.7 Å². The van der Waals surface area contributed by atoms with Gasteiger partial charge in [0.1, 0.15) is 11.9 Å². The standard InChI is InChI=1S/C32H33NO3.C6H12.2CH4/c1-20(28-10-8-25(23(4)34)17-21(28)2)16-24-6-5-7-29(22(24)3)26-9-11-32(30(18-26)31-19-33-31)36-27-12-14-35-15-13-27;1-5-3-6(2)4-5;;/h5-11,16-19,27,33H,12-15H2,1-4H3;5-6H,3-4H2,1-2H3;2*1H4/b20-16+;;;. The summed E-state index contributed by atoms with van der Waals surface area (Å²) in [5, 5.41) is 3.25. The maximum atomic E-state index is 11.7. The van der Waals surface area contributed by atoms with E-state index in [9.17, 15) is 4.79 Å². The summed E-state index contributed by atoms with van der Waals surface area (Å²) in [5.41, 5.74) is 11.2. The number of hydrogen-bond acceptors (Lipinski definition) is 4. The van der Waals surface area contributed by atoms with E-state index in [4.69, 9.17) is 9.47 Å². The van der Waals surface area contributed by atoms with Crippen molar-refractivity contribution in [2.24, 2.45) is 11.8 Å². The second-order valence-electron chi connectivity index (χ2n) is 12.5. The van der Waals surface area contributed by atoms with Crippen LogP contribution in [-0.4, -0.2) is 25.1 Å². The first kappa shape index (κ1) is 34.9. The van der Waals surface area contributed by atoms with Crippen LogP contribution in [0, 0.1) is 25.7 Å². The van der Waals surface area contributed by atoms with Crippen LogP contribution in [0.2, 0.25) is 0 Å². The predicted molar refractivity (Wildman–Crippen MR) is 188 cm³/mol. The number of ketones is 1. The molecule has 1 N–H and O–H groups in total. The number of Topliss-reactive ketones (excluding diaryl/α,β-unsaturated/α-hetero) is 1. The van der Waals surface area contributed by atoms with Gasteiger partial charge in [0.2, 0.25) is 0 Å². The van der Waals surface area contributed by atoms with E-state index in [1.807, 2.05) is 18.3 Å². The Morgan fingerprint density at radius 3 is 2.16 bits per heavy atom. The minimum absolute atomic E-state index is 0. The van der Waals surface area contributed by atoms with Crippen LogP contribution >= 0.6 is 0 Å². The second-order valence-corrected chi connectivity index (χ2v) is 12.5. The number of aryl methyl sites for hydroxylation is 1. The largest absolute Gasteiger partial charge is 0.490 e. The smallest absolute Gasteiger partial charge is 0.159 e. The summed E-state index contributed by atoms with van der Waals surface area (Å²) in [6, 6.07) is 18.9. The van der Waals surface area contributed by atoms with Gasteiger partial charge >= 0.3 is 0 Å². The zero-order valence-corrected chi connectivity index (χ0v) is 26.1. The zero-order valence-electron chi connectivity index (χ0n) is 26.1. The van der Waals surface area contributed by atoms with Gasteiger partial charge in [0.05, 0.1) is 18.9 Å². The normalized spacial score (nSPS) is 19.0. The number of nitrogens with one attached hydrogen (secondary N) is 1. The molecule has 0 aromatic heterocycles. The fourth-order valence-electron chi connectivity index (χ4n) is 6.24. The van der Waals surface area contributed by atoms with Gasteiger partial charge in [0.15, 0.2) is 5.78 Å². The van der Waals surface area contributed by atoms with Crippen molar-refractivity contribution in [3.8, 4) is 16.9 Å². The van der Waals surface area contributed by atoms with Gasteiger partial charge < -0.3 is 14.8 Å². The van der Waals surface area contributed by atoms with E-state index < -0.39 is 0 Å². The fourth-order valence-corrected chi connectivity index (χ4v) is 6.24. The van der Waals surface area contributed by atoms with Crippen molar-refractivity contribution in [2.75, 3.05) is 13.2 Å². The maximum absolute atomic E-state index is 11.7. The molecule has 4 heteroatoms. The highest BCUT2D eigenvalue weighted by Crippen LogP contribution is 2.37. The Balaban J connectivity index is 0.000000593. The number of benzene rings is 3. The zero-order chi connectivity index (χ0) is 29.8. The summed E-state index contributed by atoms with van der Waals surface area (Å²) in [5.74, 6) is 3.10. The first-order valence-corrected chi connectivity index (χ1v) is 15.5. The molecule has 1 aliphatic carbocycles.